The molecule has 0 aromatic heterocycles. The Hall–Kier alpha value is -0.540. The Balaban J connectivity index is 2.15. The molecule has 0 unspecified atom stereocenters. The van der Waals surface area contributed by atoms with Gasteiger partial charge in [-0.1, -0.05) is 12.1 Å². The second-order valence-electron chi connectivity index (χ2n) is 3.12. The summed E-state index contributed by atoms with van der Waals surface area (Å²) in [5.41, 5.74) is 1.18. The van der Waals surface area contributed by atoms with Crippen LogP contribution in [0.4, 0.5) is 4.39 Å². The summed E-state index contributed by atoms with van der Waals surface area (Å²) in [6.07, 6.45) is 3.07. The lowest BCUT2D eigenvalue weighted by molar-refractivity contribution is 0.626. The third-order valence-electron chi connectivity index (χ3n) is 1.99. The van der Waals surface area contributed by atoms with Gasteiger partial charge in [0.05, 0.1) is 0 Å². The first kappa shape index (κ1) is 11.5. The summed E-state index contributed by atoms with van der Waals surface area (Å²) in [6.45, 7) is 2.01. The fourth-order valence-electron chi connectivity index (χ4n) is 1.18. The first-order valence-corrected chi connectivity index (χ1v) is 6.16. The quantitative estimate of drug-likeness (QED) is 0.728. The first-order valence-electron chi connectivity index (χ1n) is 4.77. The number of hydrogen-bond acceptors (Lipinski definition) is 2. The summed E-state index contributed by atoms with van der Waals surface area (Å²) in [6, 6.07) is 6.70. The molecule has 0 atom stereocenters. The van der Waals surface area contributed by atoms with Crippen LogP contribution in [0.1, 0.15) is 5.56 Å². The highest BCUT2D eigenvalue weighted by atomic mass is 32.2. The normalized spacial score (nSPS) is 10.4. The number of rotatable bonds is 6. The predicted octanol–water partition coefficient (Wildman–Crippen LogP) is 2.32. The first-order chi connectivity index (χ1) is 6.83. The minimum Gasteiger partial charge on any atom is -0.316 e. The summed E-state index contributed by atoms with van der Waals surface area (Å²) in [4.78, 5) is 0. The molecule has 0 fully saturated rings. The zero-order valence-corrected chi connectivity index (χ0v) is 9.24. The van der Waals surface area contributed by atoms with Crippen molar-refractivity contribution in [1.29, 1.82) is 0 Å². The van der Waals surface area contributed by atoms with Crippen molar-refractivity contribution >= 4 is 11.8 Å². The summed E-state index contributed by atoms with van der Waals surface area (Å²) < 4.78 is 12.6. The van der Waals surface area contributed by atoms with E-state index in [1.165, 1.54) is 17.7 Å². The van der Waals surface area contributed by atoms with Gasteiger partial charge in [0.15, 0.2) is 0 Å². The van der Waals surface area contributed by atoms with Crippen molar-refractivity contribution < 1.29 is 4.39 Å². The number of halogens is 1. The molecule has 0 radical (unpaired) electrons. The van der Waals surface area contributed by atoms with E-state index in [0.29, 0.717) is 0 Å². The van der Waals surface area contributed by atoms with E-state index in [9.17, 15) is 4.39 Å². The van der Waals surface area contributed by atoms with Gasteiger partial charge in [-0.3, -0.25) is 0 Å². The van der Waals surface area contributed by atoms with Crippen LogP contribution in [-0.4, -0.2) is 25.1 Å². The van der Waals surface area contributed by atoms with Gasteiger partial charge >= 0.3 is 0 Å². The highest BCUT2D eigenvalue weighted by Gasteiger charge is 1.93. The average molecular weight is 213 g/mol. The Labute approximate surface area is 89.1 Å². The second-order valence-corrected chi connectivity index (χ2v) is 4.10. The van der Waals surface area contributed by atoms with Gasteiger partial charge in [0.1, 0.15) is 5.82 Å². The molecule has 78 valence electrons. The molecule has 1 N–H and O–H groups in total. The zero-order chi connectivity index (χ0) is 10.2. The molecule has 1 aromatic rings. The minimum atomic E-state index is -0.163. The number of benzene rings is 1. The van der Waals surface area contributed by atoms with Crippen LogP contribution in [0.2, 0.25) is 0 Å². The van der Waals surface area contributed by atoms with Gasteiger partial charge in [0.25, 0.3) is 0 Å². The number of nitrogens with one attached hydrogen (secondary N) is 1. The van der Waals surface area contributed by atoms with Crippen LogP contribution >= 0.6 is 11.8 Å². The van der Waals surface area contributed by atoms with Crippen LogP contribution in [0, 0.1) is 5.82 Å². The second kappa shape index (κ2) is 6.85. The monoisotopic (exact) mass is 213 g/mol. The molecule has 0 amide bonds. The standard InChI is InChI=1S/C11H16FNS/c1-14-9-8-13-7-6-10-2-4-11(12)5-3-10/h2-5,13H,6-9H2,1H3. The van der Waals surface area contributed by atoms with Gasteiger partial charge in [-0.2, -0.15) is 11.8 Å². The largest absolute Gasteiger partial charge is 0.316 e. The molecule has 1 aromatic carbocycles. The average Bonchev–Trinajstić information content (AvgIpc) is 2.21. The molecule has 0 spiro atoms. The maximum absolute atomic E-state index is 12.6. The van der Waals surface area contributed by atoms with Crippen LogP contribution in [0.25, 0.3) is 0 Å². The topological polar surface area (TPSA) is 12.0 Å². The Morgan fingerprint density at radius 3 is 2.57 bits per heavy atom. The summed E-state index contributed by atoms with van der Waals surface area (Å²) in [5, 5.41) is 3.33. The van der Waals surface area contributed by atoms with Crippen molar-refractivity contribution in [3.05, 3.63) is 35.6 Å². The predicted molar refractivity (Wildman–Crippen MR) is 61.4 cm³/mol. The number of hydrogen-bond donors (Lipinski definition) is 1. The van der Waals surface area contributed by atoms with Gasteiger partial charge in [0.2, 0.25) is 0 Å². The van der Waals surface area contributed by atoms with E-state index in [1.54, 1.807) is 0 Å². The molecule has 0 aliphatic carbocycles. The fourth-order valence-corrected chi connectivity index (χ4v) is 1.53. The maximum Gasteiger partial charge on any atom is 0.123 e. The lowest BCUT2D eigenvalue weighted by atomic mass is 10.1. The van der Waals surface area contributed by atoms with E-state index in [0.717, 1.165) is 25.3 Å². The Bertz CT molecular complexity index is 248. The molecule has 0 bridgehead atoms. The van der Waals surface area contributed by atoms with Crippen LogP contribution < -0.4 is 5.32 Å². The van der Waals surface area contributed by atoms with Crippen molar-refractivity contribution in [3.8, 4) is 0 Å². The molecule has 14 heavy (non-hydrogen) atoms. The van der Waals surface area contributed by atoms with Crippen molar-refractivity contribution in [1.82, 2.24) is 5.32 Å². The van der Waals surface area contributed by atoms with Crippen molar-refractivity contribution in [2.75, 3.05) is 25.1 Å². The van der Waals surface area contributed by atoms with Crippen LogP contribution in [0.3, 0.4) is 0 Å². The molecular formula is C11H16FNS. The highest BCUT2D eigenvalue weighted by Crippen LogP contribution is 2.02. The number of thioether (sulfide) groups is 1. The minimum absolute atomic E-state index is 0.163. The molecule has 0 saturated heterocycles. The van der Waals surface area contributed by atoms with Gasteiger partial charge in [0, 0.05) is 12.3 Å². The van der Waals surface area contributed by atoms with E-state index < -0.39 is 0 Å². The smallest absolute Gasteiger partial charge is 0.123 e. The van der Waals surface area contributed by atoms with Gasteiger partial charge in [-0.25, -0.2) is 4.39 Å². The van der Waals surface area contributed by atoms with E-state index in [2.05, 4.69) is 11.6 Å². The lowest BCUT2D eigenvalue weighted by Crippen LogP contribution is -2.19. The molecule has 3 heteroatoms. The van der Waals surface area contributed by atoms with E-state index in [4.69, 9.17) is 0 Å². The van der Waals surface area contributed by atoms with Gasteiger partial charge in [-0.15, -0.1) is 0 Å². The van der Waals surface area contributed by atoms with Crippen LogP contribution in [0.15, 0.2) is 24.3 Å². The van der Waals surface area contributed by atoms with E-state index in [-0.39, 0.29) is 5.82 Å². The van der Waals surface area contributed by atoms with E-state index >= 15 is 0 Å². The molecule has 0 aliphatic heterocycles. The molecule has 0 aliphatic rings. The Morgan fingerprint density at radius 1 is 1.21 bits per heavy atom. The maximum atomic E-state index is 12.6. The Morgan fingerprint density at radius 2 is 1.93 bits per heavy atom. The van der Waals surface area contributed by atoms with Crippen LogP contribution in [0.5, 0.6) is 0 Å². The zero-order valence-electron chi connectivity index (χ0n) is 8.42. The summed E-state index contributed by atoms with van der Waals surface area (Å²) in [5.74, 6) is 0.979. The molecular weight excluding hydrogens is 197 g/mol. The third-order valence-corrected chi connectivity index (χ3v) is 2.60. The van der Waals surface area contributed by atoms with Crippen LogP contribution in [-0.2, 0) is 6.42 Å². The molecule has 1 rings (SSSR count). The lowest BCUT2D eigenvalue weighted by Gasteiger charge is -2.03. The fraction of sp³-hybridized carbons (Fsp3) is 0.455. The molecule has 1 nitrogen and oxygen atoms in total. The Kier molecular flexibility index (Phi) is 5.64. The summed E-state index contributed by atoms with van der Waals surface area (Å²) in [7, 11) is 0. The van der Waals surface area contributed by atoms with E-state index in [1.807, 2.05) is 23.9 Å². The van der Waals surface area contributed by atoms with Gasteiger partial charge < -0.3 is 5.32 Å². The van der Waals surface area contributed by atoms with Crippen molar-refractivity contribution in [3.63, 3.8) is 0 Å². The third kappa shape index (κ3) is 4.63. The van der Waals surface area contributed by atoms with Crippen molar-refractivity contribution in [2.45, 2.75) is 6.42 Å². The molecule has 0 heterocycles. The summed E-state index contributed by atoms with van der Waals surface area (Å²) >= 11 is 1.84. The van der Waals surface area contributed by atoms with Crippen molar-refractivity contribution in [2.24, 2.45) is 0 Å². The molecule has 0 saturated carbocycles. The van der Waals surface area contributed by atoms with Gasteiger partial charge in [-0.05, 0) is 36.9 Å². The SMILES string of the molecule is CSCCNCCc1ccc(F)cc1. The highest BCUT2D eigenvalue weighted by molar-refractivity contribution is 7.98.